The normalized spacial score (nSPS) is 20.7. The van der Waals surface area contributed by atoms with Gasteiger partial charge in [-0.1, -0.05) is 60.7 Å². The lowest BCUT2D eigenvalue weighted by Gasteiger charge is -2.32. The molecule has 5 heteroatoms. The van der Waals surface area contributed by atoms with Crippen LogP contribution < -0.4 is 5.73 Å². The number of hydrogen-bond donors (Lipinski definition) is 1. The highest BCUT2D eigenvalue weighted by molar-refractivity contribution is 5.85. The molecule has 2 N–H and O–H groups in total. The molecule has 0 aliphatic carbocycles. The lowest BCUT2D eigenvalue weighted by atomic mass is 9.95. The predicted octanol–water partition coefficient (Wildman–Crippen LogP) is 3.44. The number of benzene rings is 2. The van der Waals surface area contributed by atoms with E-state index in [0.717, 1.165) is 31.7 Å². The smallest absolute Gasteiger partial charge is 0.244 e. The Morgan fingerprint density at radius 1 is 1.04 bits per heavy atom. The number of halogens is 1. The third kappa shape index (κ3) is 4.70. The van der Waals surface area contributed by atoms with E-state index in [1.54, 1.807) is 0 Å². The molecule has 3 rings (SSSR count). The van der Waals surface area contributed by atoms with Crippen molar-refractivity contribution in [2.45, 2.75) is 31.8 Å². The summed E-state index contributed by atoms with van der Waals surface area (Å²) in [5.41, 5.74) is 8.79. The second-order valence-electron chi connectivity index (χ2n) is 6.96. The molecule has 1 amide bonds. The number of rotatable bonds is 6. The molecule has 1 aliphatic heterocycles. The van der Waals surface area contributed by atoms with Crippen molar-refractivity contribution in [3.8, 4) is 0 Å². The van der Waals surface area contributed by atoms with Crippen LogP contribution in [0.15, 0.2) is 60.7 Å². The average molecular weight is 388 g/mol. The zero-order chi connectivity index (χ0) is 18.5. The number of carbonyl (C=O) groups excluding carboxylic acids is 1. The molecule has 0 bridgehead atoms. The lowest BCUT2D eigenvalue weighted by Crippen LogP contribution is -2.43. The summed E-state index contributed by atoms with van der Waals surface area (Å²) in [5.74, 6) is 0.425. The van der Waals surface area contributed by atoms with Crippen molar-refractivity contribution in [3.05, 3.63) is 71.8 Å². The molecular weight excluding hydrogens is 358 g/mol. The summed E-state index contributed by atoms with van der Waals surface area (Å²) < 4.78 is 0. The fourth-order valence-electron chi connectivity index (χ4n) is 3.98. The molecule has 0 saturated carbocycles. The Kier molecular flexibility index (Phi) is 7.84. The molecule has 4 nitrogen and oxygen atoms in total. The van der Waals surface area contributed by atoms with Crippen LogP contribution in [0.2, 0.25) is 0 Å². The fourth-order valence-corrected chi connectivity index (χ4v) is 3.98. The molecule has 27 heavy (non-hydrogen) atoms. The van der Waals surface area contributed by atoms with Crippen LogP contribution in [0.25, 0.3) is 0 Å². The average Bonchev–Trinajstić information content (AvgIpc) is 3.06. The number of likely N-dealkylation sites (tertiary alicyclic amines) is 1. The minimum absolute atomic E-state index is 0. The molecule has 0 radical (unpaired) electrons. The van der Waals surface area contributed by atoms with E-state index in [2.05, 4.69) is 29.2 Å². The second kappa shape index (κ2) is 9.88. The number of nitrogens with two attached hydrogens (primary N) is 1. The summed E-state index contributed by atoms with van der Waals surface area (Å²) in [6.07, 6.45) is 0. The van der Waals surface area contributed by atoms with Gasteiger partial charge in [-0.3, -0.25) is 9.69 Å². The molecule has 2 aromatic carbocycles. The monoisotopic (exact) mass is 387 g/mol. The highest BCUT2D eigenvalue weighted by Gasteiger charge is 2.39. The van der Waals surface area contributed by atoms with Gasteiger partial charge in [0.05, 0.1) is 0 Å². The van der Waals surface area contributed by atoms with Crippen molar-refractivity contribution >= 4 is 18.3 Å². The van der Waals surface area contributed by atoms with Gasteiger partial charge in [-0.15, -0.1) is 12.4 Å². The van der Waals surface area contributed by atoms with Gasteiger partial charge >= 0.3 is 0 Å². The van der Waals surface area contributed by atoms with Gasteiger partial charge in [-0.2, -0.15) is 0 Å². The van der Waals surface area contributed by atoms with E-state index in [1.807, 2.05) is 55.1 Å². The van der Waals surface area contributed by atoms with Crippen molar-refractivity contribution in [2.75, 3.05) is 26.2 Å². The first-order chi connectivity index (χ1) is 12.7. The van der Waals surface area contributed by atoms with E-state index in [0.29, 0.717) is 0 Å². The zero-order valence-electron chi connectivity index (χ0n) is 16.1. The third-order valence-corrected chi connectivity index (χ3v) is 5.41. The van der Waals surface area contributed by atoms with Crippen LogP contribution in [0, 0.1) is 0 Å². The predicted molar refractivity (Wildman–Crippen MR) is 113 cm³/mol. The summed E-state index contributed by atoms with van der Waals surface area (Å²) in [5, 5.41) is 0. The highest BCUT2D eigenvalue weighted by atomic mass is 35.5. The van der Waals surface area contributed by atoms with Gasteiger partial charge in [0.1, 0.15) is 6.04 Å². The maximum absolute atomic E-state index is 13.3. The van der Waals surface area contributed by atoms with Crippen molar-refractivity contribution in [2.24, 2.45) is 5.73 Å². The quantitative estimate of drug-likeness (QED) is 0.825. The molecule has 1 heterocycles. The van der Waals surface area contributed by atoms with E-state index < -0.39 is 0 Å². The first-order valence-corrected chi connectivity index (χ1v) is 9.54. The first kappa shape index (κ1) is 21.4. The molecule has 0 aromatic heterocycles. The van der Waals surface area contributed by atoms with Gasteiger partial charge in [-0.25, -0.2) is 0 Å². The standard InChI is InChI=1S/C22H29N3O.ClH/c1-3-24(4-2)22(26)21(18-13-9-6-10-14-18)25-15-19(20(23)16-25)17-11-7-5-8-12-17;/h5-14,19-21H,3-4,15-16,23H2,1-2H3;1H/t19-,20+,21?;/m0./s1. The van der Waals surface area contributed by atoms with Crippen LogP contribution in [0.3, 0.4) is 0 Å². The van der Waals surface area contributed by atoms with Crippen LogP contribution in [0.1, 0.15) is 36.9 Å². The van der Waals surface area contributed by atoms with Crippen LogP contribution in [-0.4, -0.2) is 47.9 Å². The summed E-state index contributed by atoms with van der Waals surface area (Å²) in [4.78, 5) is 17.5. The van der Waals surface area contributed by atoms with Gasteiger partial charge in [0.2, 0.25) is 5.91 Å². The van der Waals surface area contributed by atoms with E-state index >= 15 is 0 Å². The molecule has 0 spiro atoms. The zero-order valence-corrected chi connectivity index (χ0v) is 16.9. The topological polar surface area (TPSA) is 49.6 Å². The summed E-state index contributed by atoms with van der Waals surface area (Å²) in [7, 11) is 0. The van der Waals surface area contributed by atoms with Crippen LogP contribution in [0.5, 0.6) is 0 Å². The molecule has 1 saturated heterocycles. The number of nitrogens with zero attached hydrogens (tertiary/aromatic N) is 2. The SMILES string of the molecule is CCN(CC)C(=O)C(c1ccccc1)N1C[C@@H](N)[C@H](c2ccccc2)C1.Cl. The molecule has 1 fully saturated rings. The van der Waals surface area contributed by atoms with Crippen LogP contribution in [0.4, 0.5) is 0 Å². The Bertz CT molecular complexity index is 706. The van der Waals surface area contributed by atoms with Gasteiger partial charge in [0, 0.05) is 38.1 Å². The van der Waals surface area contributed by atoms with E-state index in [9.17, 15) is 4.79 Å². The fraction of sp³-hybridized carbons (Fsp3) is 0.409. The Hall–Kier alpha value is -1.88. The molecule has 1 aliphatic rings. The maximum atomic E-state index is 13.3. The number of amides is 1. The molecular formula is C22H30ClN3O. The van der Waals surface area contributed by atoms with E-state index in [4.69, 9.17) is 5.73 Å². The summed E-state index contributed by atoms with van der Waals surface area (Å²) in [6.45, 7) is 7.04. The first-order valence-electron chi connectivity index (χ1n) is 9.54. The lowest BCUT2D eigenvalue weighted by molar-refractivity contribution is -0.136. The largest absolute Gasteiger partial charge is 0.342 e. The number of hydrogen-bond acceptors (Lipinski definition) is 3. The van der Waals surface area contributed by atoms with Gasteiger partial charge in [-0.05, 0) is 25.0 Å². The summed E-state index contributed by atoms with van der Waals surface area (Å²) in [6, 6.07) is 20.3. The summed E-state index contributed by atoms with van der Waals surface area (Å²) >= 11 is 0. The van der Waals surface area contributed by atoms with E-state index in [-0.39, 0.29) is 36.3 Å². The second-order valence-corrected chi connectivity index (χ2v) is 6.96. The third-order valence-electron chi connectivity index (χ3n) is 5.41. The van der Waals surface area contributed by atoms with Gasteiger partial charge < -0.3 is 10.6 Å². The van der Waals surface area contributed by atoms with Crippen LogP contribution >= 0.6 is 12.4 Å². The minimum Gasteiger partial charge on any atom is -0.342 e. The van der Waals surface area contributed by atoms with Crippen molar-refractivity contribution < 1.29 is 4.79 Å². The van der Waals surface area contributed by atoms with E-state index in [1.165, 1.54) is 5.56 Å². The molecule has 3 atom stereocenters. The Morgan fingerprint density at radius 3 is 2.15 bits per heavy atom. The van der Waals surface area contributed by atoms with Crippen molar-refractivity contribution in [3.63, 3.8) is 0 Å². The van der Waals surface area contributed by atoms with Crippen molar-refractivity contribution in [1.82, 2.24) is 9.80 Å². The maximum Gasteiger partial charge on any atom is 0.244 e. The minimum atomic E-state index is -0.268. The van der Waals surface area contributed by atoms with Gasteiger partial charge in [0.15, 0.2) is 0 Å². The number of likely N-dealkylation sites (N-methyl/N-ethyl adjacent to an activating group) is 1. The Balaban J connectivity index is 0.00000261. The number of carbonyl (C=O) groups is 1. The highest BCUT2D eigenvalue weighted by Crippen LogP contribution is 2.33. The van der Waals surface area contributed by atoms with Gasteiger partial charge in [0.25, 0.3) is 0 Å². The van der Waals surface area contributed by atoms with Crippen LogP contribution in [-0.2, 0) is 4.79 Å². The Labute approximate surface area is 168 Å². The molecule has 1 unspecified atom stereocenters. The van der Waals surface area contributed by atoms with Crippen molar-refractivity contribution in [1.29, 1.82) is 0 Å². The molecule has 2 aromatic rings. The Morgan fingerprint density at radius 2 is 1.59 bits per heavy atom. The molecule has 146 valence electrons.